The van der Waals surface area contributed by atoms with Crippen LogP contribution in [0.2, 0.25) is 0 Å². The Morgan fingerprint density at radius 3 is 2.84 bits per heavy atom. The zero-order valence-corrected chi connectivity index (χ0v) is 12.0. The first-order valence-electron chi connectivity index (χ1n) is 7.40. The van der Waals surface area contributed by atoms with Crippen molar-refractivity contribution in [2.45, 2.75) is 51.7 Å². The van der Waals surface area contributed by atoms with Gasteiger partial charge in [0.15, 0.2) is 0 Å². The van der Waals surface area contributed by atoms with Gasteiger partial charge in [0.2, 0.25) is 0 Å². The van der Waals surface area contributed by atoms with Crippen LogP contribution in [0.15, 0.2) is 24.3 Å². The molecule has 2 unspecified atom stereocenters. The predicted octanol–water partition coefficient (Wildman–Crippen LogP) is 3.18. The van der Waals surface area contributed by atoms with E-state index in [0.29, 0.717) is 12.1 Å². The van der Waals surface area contributed by atoms with Crippen LogP contribution >= 0.6 is 0 Å². The van der Waals surface area contributed by atoms with Crippen LogP contribution in [0.4, 0.5) is 4.39 Å². The molecule has 0 saturated carbocycles. The molecule has 2 atom stereocenters. The Hall–Kier alpha value is -0.930. The Kier molecular flexibility index (Phi) is 5.34. The smallest absolute Gasteiger partial charge is 0.123 e. The van der Waals surface area contributed by atoms with E-state index < -0.39 is 0 Å². The fourth-order valence-corrected chi connectivity index (χ4v) is 2.77. The van der Waals surface area contributed by atoms with Crippen molar-refractivity contribution < 1.29 is 4.39 Å². The van der Waals surface area contributed by atoms with Crippen LogP contribution in [0.3, 0.4) is 0 Å². The molecule has 0 spiro atoms. The Morgan fingerprint density at radius 1 is 1.32 bits per heavy atom. The Labute approximate surface area is 116 Å². The third kappa shape index (κ3) is 4.59. The second-order valence-electron chi connectivity index (χ2n) is 5.66. The largest absolute Gasteiger partial charge is 0.311 e. The monoisotopic (exact) mass is 264 g/mol. The minimum atomic E-state index is -0.133. The molecule has 0 radical (unpaired) electrons. The molecule has 1 saturated heterocycles. The van der Waals surface area contributed by atoms with Gasteiger partial charge in [0.25, 0.3) is 0 Å². The van der Waals surface area contributed by atoms with Crippen LogP contribution in [0.1, 0.15) is 38.7 Å². The van der Waals surface area contributed by atoms with Gasteiger partial charge in [-0.25, -0.2) is 4.39 Å². The van der Waals surface area contributed by atoms with Gasteiger partial charge in [-0.15, -0.1) is 0 Å². The minimum Gasteiger partial charge on any atom is -0.311 e. The predicted molar refractivity (Wildman–Crippen MR) is 77.6 cm³/mol. The Balaban J connectivity index is 1.95. The van der Waals surface area contributed by atoms with Gasteiger partial charge in [-0.1, -0.05) is 19.1 Å². The highest BCUT2D eigenvalue weighted by Crippen LogP contribution is 2.13. The molecule has 1 N–H and O–H groups in total. The summed E-state index contributed by atoms with van der Waals surface area (Å²) in [6.45, 7) is 7.54. The van der Waals surface area contributed by atoms with E-state index in [9.17, 15) is 4.39 Å². The molecule has 1 fully saturated rings. The van der Waals surface area contributed by atoms with E-state index in [2.05, 4.69) is 24.1 Å². The molecule has 19 heavy (non-hydrogen) atoms. The topological polar surface area (TPSA) is 15.3 Å². The molecule has 3 heteroatoms. The number of nitrogens with zero attached hydrogens (tertiary/aromatic N) is 1. The lowest BCUT2D eigenvalue weighted by atomic mass is 10.1. The third-order valence-electron chi connectivity index (χ3n) is 3.98. The van der Waals surface area contributed by atoms with Gasteiger partial charge in [0, 0.05) is 18.6 Å². The van der Waals surface area contributed by atoms with Crippen LogP contribution in [-0.2, 0) is 6.54 Å². The maximum absolute atomic E-state index is 13.2. The summed E-state index contributed by atoms with van der Waals surface area (Å²) in [5.74, 6) is -0.133. The number of hydrogen-bond acceptors (Lipinski definition) is 2. The van der Waals surface area contributed by atoms with E-state index in [1.807, 2.05) is 6.07 Å². The van der Waals surface area contributed by atoms with E-state index in [4.69, 9.17) is 0 Å². The van der Waals surface area contributed by atoms with Crippen molar-refractivity contribution in [2.24, 2.45) is 0 Å². The zero-order valence-electron chi connectivity index (χ0n) is 12.0. The molecule has 0 aliphatic carbocycles. The fraction of sp³-hybridized carbons (Fsp3) is 0.625. The van der Waals surface area contributed by atoms with Crippen LogP contribution in [0.5, 0.6) is 0 Å². The number of halogens is 1. The van der Waals surface area contributed by atoms with Crippen LogP contribution in [0, 0.1) is 5.82 Å². The highest BCUT2D eigenvalue weighted by Gasteiger charge is 2.17. The van der Waals surface area contributed by atoms with Gasteiger partial charge in [-0.3, -0.25) is 4.90 Å². The second-order valence-corrected chi connectivity index (χ2v) is 5.66. The van der Waals surface area contributed by atoms with Crippen LogP contribution < -0.4 is 5.32 Å². The molecule has 0 aromatic heterocycles. The summed E-state index contributed by atoms with van der Waals surface area (Å²) < 4.78 is 13.2. The third-order valence-corrected chi connectivity index (χ3v) is 3.98. The summed E-state index contributed by atoms with van der Waals surface area (Å²) in [5, 5.41) is 3.68. The lowest BCUT2D eigenvalue weighted by molar-refractivity contribution is 0.206. The van der Waals surface area contributed by atoms with E-state index in [1.54, 1.807) is 12.1 Å². The molecular formula is C16H25FN2. The summed E-state index contributed by atoms with van der Waals surface area (Å²) in [6, 6.07) is 8.16. The van der Waals surface area contributed by atoms with E-state index in [0.717, 1.165) is 31.6 Å². The summed E-state index contributed by atoms with van der Waals surface area (Å²) in [5.41, 5.74) is 1.08. The van der Waals surface area contributed by atoms with Gasteiger partial charge in [-0.05, 0) is 57.0 Å². The molecule has 2 nitrogen and oxygen atoms in total. The molecule has 1 aliphatic heterocycles. The SMILES string of the molecule is CCC1CCN(Cc2cccc(F)c2)CCC(C)N1. The molecule has 106 valence electrons. The minimum absolute atomic E-state index is 0.133. The van der Waals surface area contributed by atoms with Gasteiger partial charge in [0.1, 0.15) is 5.82 Å². The lowest BCUT2D eigenvalue weighted by Gasteiger charge is -2.32. The van der Waals surface area contributed by atoms with E-state index in [-0.39, 0.29) is 5.82 Å². The molecule has 1 aliphatic rings. The quantitative estimate of drug-likeness (QED) is 0.902. The fourth-order valence-electron chi connectivity index (χ4n) is 2.77. The van der Waals surface area contributed by atoms with Crippen molar-refractivity contribution >= 4 is 0 Å². The van der Waals surface area contributed by atoms with Gasteiger partial charge in [0.05, 0.1) is 0 Å². The van der Waals surface area contributed by atoms with Crippen molar-refractivity contribution in [1.82, 2.24) is 10.2 Å². The Morgan fingerprint density at radius 2 is 2.11 bits per heavy atom. The highest BCUT2D eigenvalue weighted by molar-refractivity contribution is 5.16. The standard InChI is InChI=1S/C16H25FN2/c1-3-16-8-10-19(9-7-13(2)18-16)12-14-5-4-6-15(17)11-14/h4-6,11,13,16,18H,3,7-10,12H2,1-2H3. The maximum atomic E-state index is 13.2. The van der Waals surface area contributed by atoms with Gasteiger partial charge in [-0.2, -0.15) is 0 Å². The molecule has 0 bridgehead atoms. The average molecular weight is 264 g/mol. The van der Waals surface area contributed by atoms with Crippen molar-refractivity contribution in [3.8, 4) is 0 Å². The molecule has 2 rings (SSSR count). The van der Waals surface area contributed by atoms with Gasteiger partial charge < -0.3 is 5.32 Å². The van der Waals surface area contributed by atoms with Gasteiger partial charge >= 0.3 is 0 Å². The Bertz CT molecular complexity index is 394. The molecule has 1 heterocycles. The molecule has 1 aromatic rings. The lowest BCUT2D eigenvalue weighted by Crippen LogP contribution is -2.43. The van der Waals surface area contributed by atoms with E-state index in [1.165, 1.54) is 18.9 Å². The van der Waals surface area contributed by atoms with E-state index >= 15 is 0 Å². The first kappa shape index (κ1) is 14.5. The van der Waals surface area contributed by atoms with Crippen LogP contribution in [-0.4, -0.2) is 30.1 Å². The summed E-state index contributed by atoms with van der Waals surface area (Å²) in [6.07, 6.45) is 3.51. The molecule has 1 aromatic carbocycles. The summed E-state index contributed by atoms with van der Waals surface area (Å²) in [7, 11) is 0. The van der Waals surface area contributed by atoms with Crippen molar-refractivity contribution in [1.29, 1.82) is 0 Å². The molecular weight excluding hydrogens is 239 g/mol. The van der Waals surface area contributed by atoms with Crippen molar-refractivity contribution in [3.05, 3.63) is 35.6 Å². The number of nitrogens with one attached hydrogen (secondary N) is 1. The average Bonchev–Trinajstić information content (AvgIpc) is 2.38. The van der Waals surface area contributed by atoms with Crippen molar-refractivity contribution in [2.75, 3.05) is 13.1 Å². The highest BCUT2D eigenvalue weighted by atomic mass is 19.1. The summed E-state index contributed by atoms with van der Waals surface area (Å²) >= 11 is 0. The number of benzene rings is 1. The number of rotatable bonds is 3. The number of hydrogen-bond donors (Lipinski definition) is 1. The first-order chi connectivity index (χ1) is 9.17. The normalized spacial score (nSPS) is 25.8. The second kappa shape index (κ2) is 7.01. The van der Waals surface area contributed by atoms with Crippen LogP contribution in [0.25, 0.3) is 0 Å². The molecule has 0 amide bonds. The first-order valence-corrected chi connectivity index (χ1v) is 7.40. The van der Waals surface area contributed by atoms with Crippen molar-refractivity contribution in [3.63, 3.8) is 0 Å². The zero-order chi connectivity index (χ0) is 13.7. The maximum Gasteiger partial charge on any atom is 0.123 e. The summed E-state index contributed by atoms with van der Waals surface area (Å²) in [4.78, 5) is 2.45.